The number of allylic oxidation sites excluding steroid dienone is 1. The lowest BCUT2D eigenvalue weighted by Crippen LogP contribution is -2.48. The largest absolute Gasteiger partial charge is 0.497 e. The second kappa shape index (κ2) is 7.88. The van der Waals surface area contributed by atoms with Gasteiger partial charge in [0.2, 0.25) is 5.91 Å². The van der Waals surface area contributed by atoms with Gasteiger partial charge in [0, 0.05) is 28.5 Å². The minimum Gasteiger partial charge on any atom is -0.497 e. The van der Waals surface area contributed by atoms with Crippen molar-refractivity contribution in [1.29, 1.82) is 5.26 Å². The van der Waals surface area contributed by atoms with E-state index < -0.39 is 11.6 Å². The number of ether oxygens (including phenoxy) is 2. The molecule has 30 heavy (non-hydrogen) atoms. The second-order valence-corrected chi connectivity index (χ2v) is 8.44. The van der Waals surface area contributed by atoms with Crippen molar-refractivity contribution in [2.45, 2.75) is 18.1 Å². The smallest absolute Gasteiger partial charge is 0.231 e. The van der Waals surface area contributed by atoms with Crippen LogP contribution >= 0.6 is 23.4 Å². The van der Waals surface area contributed by atoms with Crippen molar-refractivity contribution < 1.29 is 19.4 Å². The number of fused-ring (bicyclic) bond motifs is 1. The van der Waals surface area contributed by atoms with Gasteiger partial charge < -0.3 is 14.6 Å². The van der Waals surface area contributed by atoms with E-state index in [1.807, 2.05) is 0 Å². The molecule has 0 saturated carbocycles. The zero-order valence-electron chi connectivity index (χ0n) is 16.4. The monoisotopic (exact) mass is 442 g/mol. The number of aliphatic hydroxyl groups is 1. The molecule has 8 heteroatoms. The molecular weight excluding hydrogens is 424 g/mol. The topological polar surface area (TPSA) is 82.8 Å². The van der Waals surface area contributed by atoms with E-state index in [1.165, 1.54) is 16.7 Å². The number of carbonyl (C=O) groups excluding carboxylic acids is 1. The van der Waals surface area contributed by atoms with Crippen molar-refractivity contribution in [1.82, 2.24) is 4.90 Å². The molecule has 1 saturated heterocycles. The third-order valence-electron chi connectivity index (χ3n) is 5.43. The quantitative estimate of drug-likeness (QED) is 0.770. The average molecular weight is 443 g/mol. The molecule has 1 amide bonds. The minimum absolute atomic E-state index is 0.0341. The van der Waals surface area contributed by atoms with E-state index in [9.17, 15) is 15.2 Å². The van der Waals surface area contributed by atoms with Gasteiger partial charge in [0.25, 0.3) is 0 Å². The van der Waals surface area contributed by atoms with E-state index in [4.69, 9.17) is 21.1 Å². The second-order valence-electron chi connectivity index (χ2n) is 7.04. The first kappa shape index (κ1) is 20.6. The van der Waals surface area contributed by atoms with Crippen LogP contribution in [0.5, 0.6) is 11.5 Å². The van der Waals surface area contributed by atoms with Crippen LogP contribution in [0.4, 0.5) is 0 Å². The number of hydrogen-bond acceptors (Lipinski definition) is 6. The summed E-state index contributed by atoms with van der Waals surface area (Å²) in [6.45, 7) is 0. The zero-order chi connectivity index (χ0) is 21.5. The Bertz CT molecular complexity index is 1080. The van der Waals surface area contributed by atoms with Crippen molar-refractivity contribution >= 4 is 29.3 Å². The third-order valence-corrected chi connectivity index (χ3v) is 6.90. The number of nitriles is 1. The van der Waals surface area contributed by atoms with Crippen LogP contribution in [0.3, 0.4) is 0 Å². The summed E-state index contributed by atoms with van der Waals surface area (Å²) in [5, 5.41) is 22.4. The molecule has 2 heterocycles. The first-order chi connectivity index (χ1) is 14.4. The SMILES string of the molecule is COc1ccc(OC)c([C@H]2CC(=O)N3C(=C2C#N)SC[C@@]3(O)c2ccc(Cl)cc2)c1. The van der Waals surface area contributed by atoms with Gasteiger partial charge in [-0.05, 0) is 30.3 Å². The Kier molecular flexibility index (Phi) is 5.41. The molecule has 2 atom stereocenters. The fraction of sp³-hybridized carbons (Fsp3) is 0.273. The summed E-state index contributed by atoms with van der Waals surface area (Å²) in [6.07, 6.45) is 0.0341. The van der Waals surface area contributed by atoms with Gasteiger partial charge in [0.1, 0.15) is 11.5 Å². The van der Waals surface area contributed by atoms with Gasteiger partial charge in [-0.15, -0.1) is 11.8 Å². The molecule has 0 unspecified atom stereocenters. The van der Waals surface area contributed by atoms with Gasteiger partial charge in [0.05, 0.1) is 36.6 Å². The van der Waals surface area contributed by atoms with Crippen molar-refractivity contribution in [2.75, 3.05) is 20.0 Å². The maximum atomic E-state index is 13.2. The molecular formula is C22H19ClN2O4S. The first-order valence-electron chi connectivity index (χ1n) is 9.23. The van der Waals surface area contributed by atoms with Crippen LogP contribution in [-0.4, -0.2) is 35.9 Å². The van der Waals surface area contributed by atoms with E-state index in [1.54, 1.807) is 56.7 Å². The molecule has 0 radical (unpaired) electrons. The summed E-state index contributed by atoms with van der Waals surface area (Å²) in [5.41, 5.74) is 0.151. The molecule has 0 aliphatic carbocycles. The highest BCUT2D eigenvalue weighted by Gasteiger charge is 2.52. The summed E-state index contributed by atoms with van der Waals surface area (Å²) >= 11 is 7.27. The number of amides is 1. The number of halogens is 1. The van der Waals surface area contributed by atoms with Crippen molar-refractivity contribution in [2.24, 2.45) is 0 Å². The van der Waals surface area contributed by atoms with Gasteiger partial charge in [-0.2, -0.15) is 5.26 Å². The van der Waals surface area contributed by atoms with Crippen molar-refractivity contribution in [3.05, 3.63) is 69.2 Å². The predicted octanol–water partition coefficient (Wildman–Crippen LogP) is 4.00. The van der Waals surface area contributed by atoms with Gasteiger partial charge in [-0.25, -0.2) is 0 Å². The highest BCUT2D eigenvalue weighted by molar-refractivity contribution is 8.03. The normalized spacial score (nSPS) is 23.2. The standard InChI is InChI=1S/C22H19ClN2O4S/c1-28-15-7-8-19(29-2)17(9-15)16-10-20(26)25-21(18(16)11-24)30-12-22(25,27)13-3-5-14(23)6-4-13/h3-9,16,27H,10,12H2,1-2H3/t16-,22-/m1/s1. The van der Waals surface area contributed by atoms with Crippen LogP contribution in [0.15, 0.2) is 53.1 Å². The van der Waals surface area contributed by atoms with Crippen LogP contribution in [0, 0.1) is 11.3 Å². The lowest BCUT2D eigenvalue weighted by molar-refractivity contribution is -0.149. The predicted molar refractivity (Wildman–Crippen MR) is 114 cm³/mol. The number of thioether (sulfide) groups is 1. The Morgan fingerprint density at radius 2 is 1.97 bits per heavy atom. The molecule has 1 N–H and O–H groups in total. The van der Waals surface area contributed by atoms with Gasteiger partial charge in [-0.1, -0.05) is 23.7 Å². The number of methoxy groups -OCH3 is 2. The first-order valence-corrected chi connectivity index (χ1v) is 10.6. The molecule has 2 aliphatic rings. The van der Waals surface area contributed by atoms with Crippen LogP contribution < -0.4 is 9.47 Å². The molecule has 0 spiro atoms. The third kappa shape index (κ3) is 3.21. The fourth-order valence-corrected chi connectivity index (χ4v) is 5.42. The van der Waals surface area contributed by atoms with E-state index >= 15 is 0 Å². The van der Waals surface area contributed by atoms with Crippen LogP contribution in [0.1, 0.15) is 23.5 Å². The average Bonchev–Trinajstić information content (AvgIpc) is 3.12. The molecule has 6 nitrogen and oxygen atoms in total. The van der Waals surface area contributed by atoms with Crippen molar-refractivity contribution in [3.63, 3.8) is 0 Å². The maximum Gasteiger partial charge on any atom is 0.231 e. The number of nitrogens with zero attached hydrogens (tertiary/aromatic N) is 2. The van der Waals surface area contributed by atoms with E-state index in [0.717, 1.165) is 0 Å². The molecule has 154 valence electrons. The van der Waals surface area contributed by atoms with Crippen LogP contribution in [0.2, 0.25) is 5.02 Å². The summed E-state index contributed by atoms with van der Waals surface area (Å²) in [7, 11) is 3.10. The number of hydrogen-bond donors (Lipinski definition) is 1. The fourth-order valence-electron chi connectivity index (χ4n) is 3.93. The number of rotatable bonds is 4. The highest BCUT2D eigenvalue weighted by Crippen LogP contribution is 2.52. The number of carbonyl (C=O) groups is 1. The minimum atomic E-state index is -1.53. The molecule has 2 aliphatic heterocycles. The van der Waals surface area contributed by atoms with Gasteiger partial charge in [0.15, 0.2) is 5.72 Å². The molecule has 0 aromatic heterocycles. The molecule has 2 aromatic carbocycles. The molecule has 1 fully saturated rings. The molecule has 0 bridgehead atoms. The zero-order valence-corrected chi connectivity index (χ0v) is 18.0. The lowest BCUT2D eigenvalue weighted by Gasteiger charge is -2.38. The Balaban J connectivity index is 1.83. The maximum absolute atomic E-state index is 13.2. The summed E-state index contributed by atoms with van der Waals surface area (Å²) in [6, 6.07) is 14.3. The summed E-state index contributed by atoms with van der Waals surface area (Å²) in [5.74, 6) is 0.661. The number of benzene rings is 2. The highest BCUT2D eigenvalue weighted by atomic mass is 35.5. The van der Waals surface area contributed by atoms with Crippen LogP contribution in [0.25, 0.3) is 0 Å². The van der Waals surface area contributed by atoms with E-state index in [0.29, 0.717) is 38.3 Å². The van der Waals surface area contributed by atoms with Crippen molar-refractivity contribution in [3.8, 4) is 17.6 Å². The van der Waals surface area contributed by atoms with Gasteiger partial charge in [-0.3, -0.25) is 9.69 Å². The van der Waals surface area contributed by atoms with Gasteiger partial charge >= 0.3 is 0 Å². The lowest BCUT2D eigenvalue weighted by atomic mass is 9.85. The summed E-state index contributed by atoms with van der Waals surface area (Å²) < 4.78 is 10.8. The Labute approximate surface area is 183 Å². The van der Waals surface area contributed by atoms with E-state index in [-0.39, 0.29) is 18.1 Å². The summed E-state index contributed by atoms with van der Waals surface area (Å²) in [4.78, 5) is 14.6. The van der Waals surface area contributed by atoms with Crippen LogP contribution in [-0.2, 0) is 10.5 Å². The Morgan fingerprint density at radius 1 is 1.23 bits per heavy atom. The Hall–Kier alpha value is -2.66. The van der Waals surface area contributed by atoms with E-state index in [2.05, 4.69) is 6.07 Å². The Morgan fingerprint density at radius 3 is 2.60 bits per heavy atom. The molecule has 4 rings (SSSR count). The molecule has 2 aromatic rings.